The maximum absolute atomic E-state index is 4.57. The number of H-pyrrole nitrogens is 2. The van der Waals surface area contributed by atoms with Crippen molar-refractivity contribution in [3.05, 3.63) is 126 Å². The molecule has 34 heavy (non-hydrogen) atoms. The molecule has 0 spiro atoms. The Balaban J connectivity index is 1.43. The van der Waals surface area contributed by atoms with Crippen molar-refractivity contribution in [2.24, 2.45) is 9.98 Å². The van der Waals surface area contributed by atoms with E-state index in [1.165, 1.54) is 5.56 Å². The summed E-state index contributed by atoms with van der Waals surface area (Å²) in [5, 5.41) is 0. The minimum Gasteiger partial charge on any atom is -0.360 e. The van der Waals surface area contributed by atoms with Crippen LogP contribution in [0.4, 0.5) is 28.4 Å². The number of aromatic amines is 2. The van der Waals surface area contributed by atoms with E-state index in [1.807, 2.05) is 73.4 Å². The molecule has 0 saturated heterocycles. The summed E-state index contributed by atoms with van der Waals surface area (Å²) in [5.74, 6) is 0. The molecule has 5 heteroatoms. The number of benzene rings is 3. The van der Waals surface area contributed by atoms with Gasteiger partial charge in [-0.2, -0.15) is 0 Å². The Kier molecular flexibility index (Phi) is 6.16. The first kappa shape index (κ1) is 21.2. The Morgan fingerprint density at radius 3 is 1.35 bits per heavy atom. The molecule has 5 nitrogen and oxygen atoms in total. The molecule has 2 heterocycles. The summed E-state index contributed by atoms with van der Waals surface area (Å²) < 4.78 is 0. The zero-order valence-corrected chi connectivity index (χ0v) is 18.9. The smallest absolute Gasteiger partial charge is 0.0632 e. The summed E-state index contributed by atoms with van der Waals surface area (Å²) in [4.78, 5) is 17.6. The molecule has 5 aromatic rings. The lowest BCUT2D eigenvalue weighted by Crippen LogP contribution is -2.09. The molecular formula is C29H25N5. The number of aromatic nitrogens is 2. The monoisotopic (exact) mass is 443 g/mol. The van der Waals surface area contributed by atoms with Gasteiger partial charge in [0.15, 0.2) is 0 Å². The first-order chi connectivity index (χ1) is 16.7. The second kappa shape index (κ2) is 9.88. The van der Waals surface area contributed by atoms with Gasteiger partial charge in [-0.3, -0.25) is 9.98 Å². The summed E-state index contributed by atoms with van der Waals surface area (Å²) in [7, 11) is 0. The van der Waals surface area contributed by atoms with Gasteiger partial charge in [-0.25, -0.2) is 0 Å². The molecule has 0 aliphatic heterocycles. The predicted octanol–water partition coefficient (Wildman–Crippen LogP) is 7.62. The molecule has 166 valence electrons. The van der Waals surface area contributed by atoms with Gasteiger partial charge in [-0.05, 0) is 91.9 Å². The molecule has 5 rings (SSSR count). The van der Waals surface area contributed by atoms with Gasteiger partial charge in [0.2, 0.25) is 0 Å². The highest BCUT2D eigenvalue weighted by Crippen LogP contribution is 2.36. The van der Waals surface area contributed by atoms with Crippen molar-refractivity contribution >= 4 is 40.9 Å². The molecule has 0 amide bonds. The molecule has 0 atom stereocenters. The van der Waals surface area contributed by atoms with Gasteiger partial charge in [-0.1, -0.05) is 17.7 Å². The first-order valence-electron chi connectivity index (χ1n) is 11.2. The van der Waals surface area contributed by atoms with Gasteiger partial charge in [0.05, 0.1) is 35.2 Å². The Bertz CT molecular complexity index is 1270. The van der Waals surface area contributed by atoms with E-state index in [0.717, 1.165) is 39.8 Å². The van der Waals surface area contributed by atoms with Gasteiger partial charge in [0.25, 0.3) is 0 Å². The molecule has 2 aromatic heterocycles. The molecule has 0 aliphatic carbocycles. The summed E-state index contributed by atoms with van der Waals surface area (Å²) in [6.45, 7) is 2.10. The lowest BCUT2D eigenvalue weighted by Gasteiger charge is -2.25. The molecule has 2 N–H and O–H groups in total. The zero-order chi connectivity index (χ0) is 23.2. The first-order valence-corrected chi connectivity index (χ1v) is 11.2. The van der Waals surface area contributed by atoms with Crippen molar-refractivity contribution in [1.82, 2.24) is 9.97 Å². The van der Waals surface area contributed by atoms with E-state index >= 15 is 0 Å². The quantitative estimate of drug-likeness (QED) is 0.250. The minimum absolute atomic E-state index is 0.899. The molecule has 0 saturated carbocycles. The SMILES string of the molecule is Cc1ccc(N(c2ccc(N=Cc3ccc[nH]3)cc2)c2ccc(N=Cc3ccc[nH]3)cc2)cc1. The van der Waals surface area contributed by atoms with E-state index in [4.69, 9.17) is 0 Å². The van der Waals surface area contributed by atoms with Crippen LogP contribution in [0.1, 0.15) is 17.0 Å². The molecule has 0 unspecified atom stereocenters. The van der Waals surface area contributed by atoms with Crippen LogP contribution in [0.15, 0.2) is 119 Å². The maximum atomic E-state index is 4.57. The van der Waals surface area contributed by atoms with Crippen LogP contribution in [-0.2, 0) is 0 Å². The number of nitrogens with one attached hydrogen (secondary N) is 2. The number of hydrogen-bond acceptors (Lipinski definition) is 3. The van der Waals surface area contributed by atoms with E-state index in [2.05, 4.69) is 80.3 Å². The van der Waals surface area contributed by atoms with E-state index in [9.17, 15) is 0 Å². The fourth-order valence-electron chi connectivity index (χ4n) is 3.65. The summed E-state index contributed by atoms with van der Waals surface area (Å²) in [6.07, 6.45) is 7.44. The Morgan fingerprint density at radius 1 is 0.559 bits per heavy atom. The average molecular weight is 444 g/mol. The van der Waals surface area contributed by atoms with E-state index in [0.29, 0.717) is 0 Å². The van der Waals surface area contributed by atoms with E-state index < -0.39 is 0 Å². The van der Waals surface area contributed by atoms with Crippen molar-refractivity contribution in [1.29, 1.82) is 0 Å². The molecule has 0 bridgehead atoms. The van der Waals surface area contributed by atoms with Crippen molar-refractivity contribution in [3.63, 3.8) is 0 Å². The highest BCUT2D eigenvalue weighted by Gasteiger charge is 2.12. The van der Waals surface area contributed by atoms with Crippen LogP contribution >= 0.6 is 0 Å². The fourth-order valence-corrected chi connectivity index (χ4v) is 3.65. The highest BCUT2D eigenvalue weighted by atomic mass is 15.1. The van der Waals surface area contributed by atoms with E-state index in [-0.39, 0.29) is 0 Å². The molecular weight excluding hydrogens is 418 g/mol. The van der Waals surface area contributed by atoms with Crippen molar-refractivity contribution in [2.45, 2.75) is 6.92 Å². The predicted molar refractivity (Wildman–Crippen MR) is 142 cm³/mol. The number of aliphatic imine (C=N–C) groups is 2. The second-order valence-corrected chi connectivity index (χ2v) is 7.97. The third-order valence-electron chi connectivity index (χ3n) is 5.46. The second-order valence-electron chi connectivity index (χ2n) is 7.97. The van der Waals surface area contributed by atoms with Crippen LogP contribution < -0.4 is 4.90 Å². The van der Waals surface area contributed by atoms with Gasteiger partial charge < -0.3 is 14.9 Å². The van der Waals surface area contributed by atoms with Crippen molar-refractivity contribution < 1.29 is 0 Å². The average Bonchev–Trinajstić information content (AvgIpc) is 3.59. The lowest BCUT2D eigenvalue weighted by atomic mass is 10.1. The summed E-state index contributed by atoms with van der Waals surface area (Å²) in [5.41, 5.74) is 8.19. The fraction of sp³-hybridized carbons (Fsp3) is 0.0345. The largest absolute Gasteiger partial charge is 0.360 e. The molecule has 0 aliphatic rings. The standard InChI is InChI=1S/C29H25N5/c1-22-6-12-27(13-7-22)34(28-14-8-23(9-15-28)32-20-25-4-2-18-30-25)29-16-10-24(11-17-29)33-21-26-5-3-19-31-26/h2-21,30-31H,1H3. The van der Waals surface area contributed by atoms with Crippen molar-refractivity contribution in [3.8, 4) is 0 Å². The number of nitrogens with zero attached hydrogens (tertiary/aromatic N) is 3. The maximum Gasteiger partial charge on any atom is 0.0632 e. The molecule has 3 aromatic carbocycles. The van der Waals surface area contributed by atoms with Gasteiger partial charge in [-0.15, -0.1) is 0 Å². The highest BCUT2D eigenvalue weighted by molar-refractivity contribution is 5.82. The van der Waals surface area contributed by atoms with Crippen LogP contribution in [0.2, 0.25) is 0 Å². The molecule has 0 fully saturated rings. The molecule has 0 radical (unpaired) electrons. The Labute approximate surface area is 199 Å². The van der Waals surface area contributed by atoms with E-state index in [1.54, 1.807) is 0 Å². The third kappa shape index (κ3) is 5.05. The number of rotatable bonds is 7. The van der Waals surface area contributed by atoms with Crippen LogP contribution in [0.5, 0.6) is 0 Å². The normalized spacial score (nSPS) is 11.4. The topological polar surface area (TPSA) is 59.5 Å². The number of anilines is 3. The summed E-state index contributed by atoms with van der Waals surface area (Å²) >= 11 is 0. The van der Waals surface area contributed by atoms with Gasteiger partial charge in [0.1, 0.15) is 0 Å². The zero-order valence-electron chi connectivity index (χ0n) is 18.9. The summed E-state index contributed by atoms with van der Waals surface area (Å²) in [6, 6.07) is 33.0. The Hall–Kier alpha value is -4.64. The van der Waals surface area contributed by atoms with Crippen LogP contribution in [-0.4, -0.2) is 22.4 Å². The van der Waals surface area contributed by atoms with Crippen LogP contribution in [0.25, 0.3) is 0 Å². The third-order valence-corrected chi connectivity index (χ3v) is 5.46. The lowest BCUT2D eigenvalue weighted by molar-refractivity contribution is 1.27. The minimum atomic E-state index is 0.899. The number of hydrogen-bond donors (Lipinski definition) is 2. The van der Waals surface area contributed by atoms with Crippen LogP contribution in [0.3, 0.4) is 0 Å². The van der Waals surface area contributed by atoms with Gasteiger partial charge >= 0.3 is 0 Å². The van der Waals surface area contributed by atoms with Gasteiger partial charge in [0, 0.05) is 29.5 Å². The number of aryl methyl sites for hydroxylation is 1. The van der Waals surface area contributed by atoms with Crippen LogP contribution in [0, 0.1) is 6.92 Å². The van der Waals surface area contributed by atoms with Crippen molar-refractivity contribution in [2.75, 3.05) is 4.90 Å². The Morgan fingerprint density at radius 2 is 0.971 bits per heavy atom.